The minimum atomic E-state index is 0.0413. The van der Waals surface area contributed by atoms with E-state index in [-0.39, 0.29) is 11.9 Å². The Bertz CT molecular complexity index is 1300. The molecule has 1 amide bonds. The van der Waals surface area contributed by atoms with Crippen LogP contribution in [0.2, 0.25) is 0 Å². The summed E-state index contributed by atoms with van der Waals surface area (Å²) in [6.07, 6.45) is 6.89. The molecule has 5 rings (SSSR count). The first-order chi connectivity index (χ1) is 18.0. The summed E-state index contributed by atoms with van der Waals surface area (Å²) in [4.78, 5) is 22.6. The molecule has 1 aromatic carbocycles. The van der Waals surface area contributed by atoms with Crippen LogP contribution in [0, 0.1) is 12.8 Å². The number of likely N-dealkylation sites (N-methyl/N-ethyl adjacent to an activating group) is 1. The number of hydrogen-bond donors (Lipinski definition) is 0. The van der Waals surface area contributed by atoms with Gasteiger partial charge in [-0.2, -0.15) is 5.10 Å². The second-order valence-electron chi connectivity index (χ2n) is 10.1. The van der Waals surface area contributed by atoms with Crippen LogP contribution in [0.4, 0.5) is 0 Å². The Balaban J connectivity index is 1.29. The van der Waals surface area contributed by atoms with E-state index < -0.39 is 0 Å². The summed E-state index contributed by atoms with van der Waals surface area (Å²) in [5.41, 5.74) is 4.02. The second kappa shape index (κ2) is 11.1. The van der Waals surface area contributed by atoms with Crippen LogP contribution in [0.15, 0.2) is 79.1 Å². The number of aryl methyl sites for hydroxylation is 2. The van der Waals surface area contributed by atoms with Crippen LogP contribution >= 0.6 is 0 Å². The summed E-state index contributed by atoms with van der Waals surface area (Å²) in [6.45, 7) is 4.84. The molecule has 0 radical (unpaired) electrons. The van der Waals surface area contributed by atoms with Gasteiger partial charge in [0.15, 0.2) is 0 Å². The van der Waals surface area contributed by atoms with E-state index in [0.717, 1.165) is 50.4 Å². The molecule has 0 aliphatic carbocycles. The molecule has 1 atom stereocenters. The number of benzene rings is 1. The molecule has 0 saturated carbocycles. The molecule has 1 unspecified atom stereocenters. The van der Waals surface area contributed by atoms with Crippen LogP contribution in [0.1, 0.15) is 40.3 Å². The average molecular weight is 497 g/mol. The molecule has 7 heteroatoms. The quantitative estimate of drug-likeness (QED) is 0.360. The molecular weight excluding hydrogens is 460 g/mol. The average Bonchev–Trinajstić information content (AvgIpc) is 3.53. The summed E-state index contributed by atoms with van der Waals surface area (Å²) in [5.74, 6) is 1.42. The first-order valence-corrected chi connectivity index (χ1v) is 13.1. The fourth-order valence-corrected chi connectivity index (χ4v) is 5.61. The summed E-state index contributed by atoms with van der Waals surface area (Å²) >= 11 is 0. The van der Waals surface area contributed by atoms with Gasteiger partial charge in [0.1, 0.15) is 11.5 Å². The van der Waals surface area contributed by atoms with Gasteiger partial charge in [0.05, 0.1) is 5.69 Å². The minimum absolute atomic E-state index is 0.0413. The van der Waals surface area contributed by atoms with Crippen LogP contribution in [-0.2, 0) is 20.0 Å². The zero-order chi connectivity index (χ0) is 25.8. The molecule has 3 aromatic heterocycles. The smallest absolute Gasteiger partial charge is 0.272 e. The Labute approximate surface area is 219 Å². The van der Waals surface area contributed by atoms with Gasteiger partial charge < -0.3 is 9.47 Å². The summed E-state index contributed by atoms with van der Waals surface area (Å²) in [5, 5.41) is 4.40. The van der Waals surface area contributed by atoms with Crippen molar-refractivity contribution >= 4 is 5.91 Å². The highest BCUT2D eigenvalue weighted by Gasteiger charge is 2.33. The Morgan fingerprint density at radius 1 is 1.05 bits per heavy atom. The fourth-order valence-electron chi connectivity index (χ4n) is 5.61. The van der Waals surface area contributed by atoms with Crippen LogP contribution in [0.3, 0.4) is 0 Å². The van der Waals surface area contributed by atoms with Gasteiger partial charge in [-0.3, -0.25) is 14.4 Å². The van der Waals surface area contributed by atoms with Crippen molar-refractivity contribution in [1.29, 1.82) is 0 Å². The zero-order valence-electron chi connectivity index (χ0n) is 22.0. The van der Waals surface area contributed by atoms with Crippen molar-refractivity contribution in [2.75, 3.05) is 20.1 Å². The molecule has 4 heterocycles. The largest absolute Gasteiger partial charge is 0.337 e. The Morgan fingerprint density at radius 3 is 2.49 bits per heavy atom. The van der Waals surface area contributed by atoms with Crippen LogP contribution in [0.25, 0.3) is 5.82 Å². The molecule has 0 bridgehead atoms. The van der Waals surface area contributed by atoms with E-state index in [0.29, 0.717) is 11.6 Å². The molecule has 1 aliphatic rings. The van der Waals surface area contributed by atoms with E-state index in [1.54, 1.807) is 4.68 Å². The highest BCUT2D eigenvalue weighted by Crippen LogP contribution is 2.28. The van der Waals surface area contributed by atoms with Crippen molar-refractivity contribution in [3.8, 4) is 5.82 Å². The molecule has 1 saturated heterocycles. The lowest BCUT2D eigenvalue weighted by Gasteiger charge is -2.40. The van der Waals surface area contributed by atoms with Gasteiger partial charge in [-0.05, 0) is 81.1 Å². The summed E-state index contributed by atoms with van der Waals surface area (Å²) in [7, 11) is 3.81. The first-order valence-electron chi connectivity index (χ1n) is 13.1. The third kappa shape index (κ3) is 5.67. The zero-order valence-corrected chi connectivity index (χ0v) is 22.0. The standard InChI is InChI=1S/C30H36N6O/c1-23-20-28(34(3)32-23)30(37)33(2)27(21-24-10-5-4-6-11-24)25-14-18-35(19-15-25)22-26-12-9-17-36(26)29-13-7-8-16-31-29/h4-13,16-17,20,25,27H,14-15,18-19,21-22H2,1-3H3. The molecule has 37 heavy (non-hydrogen) atoms. The van der Waals surface area contributed by atoms with Crippen LogP contribution < -0.4 is 0 Å². The van der Waals surface area contributed by atoms with E-state index in [4.69, 9.17) is 0 Å². The molecular formula is C30H36N6O. The van der Waals surface area contributed by atoms with Gasteiger partial charge in [-0.25, -0.2) is 4.98 Å². The number of rotatable bonds is 8. The van der Waals surface area contributed by atoms with Crippen molar-refractivity contribution in [2.45, 2.75) is 38.8 Å². The lowest BCUT2D eigenvalue weighted by atomic mass is 9.84. The SMILES string of the molecule is Cc1cc(C(=O)N(C)C(Cc2ccccc2)C2CCN(Cc3cccn3-c3ccccn3)CC2)n(C)n1. The van der Waals surface area contributed by atoms with Gasteiger partial charge in [-0.1, -0.05) is 36.4 Å². The summed E-state index contributed by atoms with van der Waals surface area (Å²) < 4.78 is 3.87. The Kier molecular flexibility index (Phi) is 7.51. The van der Waals surface area contributed by atoms with Gasteiger partial charge in [0, 0.05) is 44.8 Å². The highest BCUT2D eigenvalue weighted by molar-refractivity contribution is 5.92. The molecule has 1 aliphatic heterocycles. The Morgan fingerprint density at radius 2 is 1.81 bits per heavy atom. The number of piperidine rings is 1. The van der Waals surface area contributed by atoms with Crippen molar-refractivity contribution in [2.24, 2.45) is 13.0 Å². The number of carbonyl (C=O) groups is 1. The number of hydrogen-bond acceptors (Lipinski definition) is 4. The molecule has 4 aromatic rings. The highest BCUT2D eigenvalue weighted by atomic mass is 16.2. The van der Waals surface area contributed by atoms with E-state index in [1.807, 2.05) is 62.4 Å². The number of nitrogens with zero attached hydrogens (tertiary/aromatic N) is 6. The second-order valence-corrected chi connectivity index (χ2v) is 10.1. The monoisotopic (exact) mass is 496 g/mol. The van der Waals surface area contributed by atoms with Gasteiger partial charge in [0.25, 0.3) is 5.91 Å². The maximum atomic E-state index is 13.5. The molecule has 0 N–H and O–H groups in total. The van der Waals surface area contributed by atoms with Crippen molar-refractivity contribution < 1.29 is 4.79 Å². The first kappa shape index (κ1) is 25.0. The number of carbonyl (C=O) groups excluding carboxylic acids is 1. The van der Waals surface area contributed by atoms with Gasteiger partial charge in [-0.15, -0.1) is 0 Å². The number of likely N-dealkylation sites (tertiary alicyclic amines) is 1. The van der Waals surface area contributed by atoms with Crippen molar-refractivity contribution in [3.05, 3.63) is 102 Å². The third-order valence-electron chi connectivity index (χ3n) is 7.62. The summed E-state index contributed by atoms with van der Waals surface area (Å²) in [6, 6.07) is 22.8. The normalized spacial score (nSPS) is 15.5. The lowest BCUT2D eigenvalue weighted by Crippen LogP contribution is -2.47. The fraction of sp³-hybridized carbons (Fsp3) is 0.367. The van der Waals surface area contributed by atoms with E-state index in [9.17, 15) is 4.79 Å². The van der Waals surface area contributed by atoms with E-state index in [1.165, 1.54) is 11.3 Å². The minimum Gasteiger partial charge on any atom is -0.337 e. The maximum Gasteiger partial charge on any atom is 0.272 e. The van der Waals surface area contributed by atoms with Gasteiger partial charge >= 0.3 is 0 Å². The molecule has 192 valence electrons. The van der Waals surface area contributed by atoms with Crippen molar-refractivity contribution in [3.63, 3.8) is 0 Å². The number of amides is 1. The van der Waals surface area contributed by atoms with E-state index in [2.05, 4.69) is 62.1 Å². The van der Waals surface area contributed by atoms with Crippen LogP contribution in [-0.4, -0.2) is 61.2 Å². The number of pyridine rings is 1. The van der Waals surface area contributed by atoms with Gasteiger partial charge in [0.2, 0.25) is 0 Å². The Hall–Kier alpha value is -3.71. The predicted octanol–water partition coefficient (Wildman–Crippen LogP) is 4.51. The molecule has 0 spiro atoms. The van der Waals surface area contributed by atoms with Crippen molar-refractivity contribution in [1.82, 2.24) is 29.1 Å². The predicted molar refractivity (Wildman–Crippen MR) is 146 cm³/mol. The van der Waals surface area contributed by atoms with E-state index >= 15 is 0 Å². The third-order valence-corrected chi connectivity index (χ3v) is 7.62. The lowest BCUT2D eigenvalue weighted by molar-refractivity contribution is 0.0573. The topological polar surface area (TPSA) is 59.2 Å². The maximum absolute atomic E-state index is 13.5. The molecule has 1 fully saturated rings. The number of aromatic nitrogens is 4. The van der Waals surface area contributed by atoms with Crippen LogP contribution in [0.5, 0.6) is 0 Å². The molecule has 7 nitrogen and oxygen atoms in total.